The van der Waals surface area contributed by atoms with Gasteiger partial charge in [-0.25, -0.2) is 0 Å². The molecule has 5 nitrogen and oxygen atoms in total. The van der Waals surface area contributed by atoms with E-state index in [4.69, 9.17) is 21.3 Å². The van der Waals surface area contributed by atoms with Crippen LogP contribution in [0.15, 0.2) is 53.5 Å². The second kappa shape index (κ2) is 10.3. The van der Waals surface area contributed by atoms with Gasteiger partial charge in [-0.2, -0.15) is 0 Å². The van der Waals surface area contributed by atoms with E-state index in [0.717, 1.165) is 48.2 Å². The average molecular weight is 453 g/mol. The number of hydrogen-bond donors (Lipinski definition) is 0. The highest BCUT2D eigenvalue weighted by Gasteiger charge is 2.37. The van der Waals surface area contributed by atoms with Gasteiger partial charge >= 0.3 is 5.97 Å². The molecule has 0 spiro atoms. The molecule has 1 aliphatic carbocycles. The van der Waals surface area contributed by atoms with E-state index in [-0.39, 0.29) is 30.8 Å². The predicted octanol–water partition coefficient (Wildman–Crippen LogP) is 5.43. The van der Waals surface area contributed by atoms with Crippen LogP contribution in [0.4, 0.5) is 5.69 Å². The van der Waals surface area contributed by atoms with Gasteiger partial charge in [-0.15, -0.1) is 0 Å². The molecule has 0 aromatic heterocycles. The summed E-state index contributed by atoms with van der Waals surface area (Å²) in [7, 11) is 0. The van der Waals surface area contributed by atoms with Crippen molar-refractivity contribution in [2.45, 2.75) is 51.5 Å². The van der Waals surface area contributed by atoms with Crippen molar-refractivity contribution in [3.05, 3.63) is 64.7 Å². The highest BCUT2D eigenvalue weighted by Crippen LogP contribution is 2.36. The standard InChI is InChI=1S/C26H29ClN2O3/c1-2-32-23(30)15-16-29-22-14-13-20(27)17-21(22)24(18-9-5-3-6-10-18)28-25(26(29)31)19-11-7-4-8-12-19/h3,5-6,9-10,13-14,17,19,25H,2,4,7-8,11-12,15-16H2,1H3. The number of fused-ring (bicyclic) bond motifs is 1. The molecule has 1 atom stereocenters. The number of carbonyl (C=O) groups excluding carboxylic acids is 2. The van der Waals surface area contributed by atoms with Crippen LogP contribution in [0.3, 0.4) is 0 Å². The van der Waals surface area contributed by atoms with Crippen LogP contribution in [0.1, 0.15) is 56.6 Å². The van der Waals surface area contributed by atoms with Crippen molar-refractivity contribution in [3.63, 3.8) is 0 Å². The fraction of sp³-hybridized carbons (Fsp3) is 0.423. The number of halogens is 1. The third-order valence-electron chi connectivity index (χ3n) is 6.28. The van der Waals surface area contributed by atoms with Crippen molar-refractivity contribution in [1.82, 2.24) is 0 Å². The summed E-state index contributed by atoms with van der Waals surface area (Å²) in [4.78, 5) is 32.8. The summed E-state index contributed by atoms with van der Waals surface area (Å²) >= 11 is 6.39. The zero-order valence-electron chi connectivity index (χ0n) is 18.4. The third kappa shape index (κ3) is 4.88. The van der Waals surface area contributed by atoms with Crippen LogP contribution in [-0.2, 0) is 14.3 Å². The minimum atomic E-state index is -0.473. The second-order valence-corrected chi connectivity index (χ2v) is 8.83. The Kier molecular flexibility index (Phi) is 7.26. The molecule has 32 heavy (non-hydrogen) atoms. The highest BCUT2D eigenvalue weighted by atomic mass is 35.5. The number of nitrogens with zero attached hydrogens (tertiary/aromatic N) is 2. The topological polar surface area (TPSA) is 59.0 Å². The normalized spacial score (nSPS) is 19.2. The Balaban J connectivity index is 1.81. The number of anilines is 1. The number of rotatable bonds is 6. The first-order valence-corrected chi connectivity index (χ1v) is 11.9. The molecule has 2 aromatic carbocycles. The van der Waals surface area contributed by atoms with Gasteiger partial charge in [-0.3, -0.25) is 14.6 Å². The lowest BCUT2D eigenvalue weighted by Crippen LogP contribution is -2.43. The van der Waals surface area contributed by atoms with Crippen molar-refractivity contribution in [2.24, 2.45) is 10.9 Å². The summed E-state index contributed by atoms with van der Waals surface area (Å²) in [5, 5.41) is 0.585. The molecule has 1 aliphatic heterocycles. The molecule has 0 bridgehead atoms. The van der Waals surface area contributed by atoms with E-state index in [1.54, 1.807) is 17.9 Å². The average Bonchev–Trinajstić information content (AvgIpc) is 2.93. The van der Waals surface area contributed by atoms with E-state index in [2.05, 4.69) is 0 Å². The van der Waals surface area contributed by atoms with Crippen LogP contribution in [0.2, 0.25) is 5.02 Å². The highest BCUT2D eigenvalue weighted by molar-refractivity contribution is 6.32. The Morgan fingerprint density at radius 2 is 1.88 bits per heavy atom. The maximum Gasteiger partial charge on any atom is 0.307 e. The third-order valence-corrected chi connectivity index (χ3v) is 6.52. The monoisotopic (exact) mass is 452 g/mol. The van der Waals surface area contributed by atoms with Crippen molar-refractivity contribution >= 4 is 34.9 Å². The summed E-state index contributed by atoms with van der Waals surface area (Å²) in [5.74, 6) is -0.154. The molecular weight excluding hydrogens is 424 g/mol. The fourth-order valence-electron chi connectivity index (χ4n) is 4.73. The molecule has 6 heteroatoms. The Labute approximate surface area is 194 Å². The predicted molar refractivity (Wildman–Crippen MR) is 127 cm³/mol. The minimum Gasteiger partial charge on any atom is -0.466 e. The SMILES string of the molecule is CCOC(=O)CCN1C(=O)C(C2CCCCC2)N=C(c2ccccc2)c2cc(Cl)ccc21. The van der Waals surface area contributed by atoms with Crippen LogP contribution in [0.25, 0.3) is 0 Å². The Bertz CT molecular complexity index is 999. The van der Waals surface area contributed by atoms with Gasteiger partial charge in [0.2, 0.25) is 0 Å². The molecule has 1 amide bonds. The molecule has 1 unspecified atom stereocenters. The Hall–Kier alpha value is -2.66. The van der Waals surface area contributed by atoms with Gasteiger partial charge in [0.25, 0.3) is 5.91 Å². The molecule has 1 fully saturated rings. The first-order valence-electron chi connectivity index (χ1n) is 11.5. The summed E-state index contributed by atoms with van der Waals surface area (Å²) in [6.45, 7) is 2.36. The van der Waals surface area contributed by atoms with Gasteiger partial charge in [0.1, 0.15) is 6.04 Å². The van der Waals surface area contributed by atoms with Crippen LogP contribution >= 0.6 is 11.6 Å². The number of benzodiazepines with no additional fused rings is 1. The van der Waals surface area contributed by atoms with E-state index in [9.17, 15) is 9.59 Å². The quantitative estimate of drug-likeness (QED) is 0.549. The van der Waals surface area contributed by atoms with Crippen LogP contribution in [0, 0.1) is 5.92 Å². The van der Waals surface area contributed by atoms with Crippen LogP contribution < -0.4 is 4.90 Å². The summed E-state index contributed by atoms with van der Waals surface area (Å²) in [5.41, 5.74) is 3.30. The summed E-state index contributed by atoms with van der Waals surface area (Å²) in [6, 6.07) is 15.0. The summed E-state index contributed by atoms with van der Waals surface area (Å²) < 4.78 is 5.11. The number of benzene rings is 2. The molecule has 168 valence electrons. The van der Waals surface area contributed by atoms with Crippen molar-refractivity contribution in [2.75, 3.05) is 18.1 Å². The second-order valence-electron chi connectivity index (χ2n) is 8.39. The summed E-state index contributed by atoms with van der Waals surface area (Å²) in [6.07, 6.45) is 5.56. The molecule has 0 saturated heterocycles. The number of ether oxygens (including phenoxy) is 1. The van der Waals surface area contributed by atoms with E-state index in [1.165, 1.54) is 6.42 Å². The molecule has 1 heterocycles. The van der Waals surface area contributed by atoms with Gasteiger partial charge in [0, 0.05) is 22.7 Å². The van der Waals surface area contributed by atoms with Crippen LogP contribution in [-0.4, -0.2) is 36.8 Å². The van der Waals surface area contributed by atoms with Gasteiger partial charge < -0.3 is 9.64 Å². The molecule has 2 aliphatic rings. The Morgan fingerprint density at radius 1 is 1.12 bits per heavy atom. The molecule has 1 saturated carbocycles. The van der Waals surface area contributed by atoms with E-state index in [0.29, 0.717) is 11.6 Å². The minimum absolute atomic E-state index is 0.0456. The van der Waals surface area contributed by atoms with Crippen molar-refractivity contribution < 1.29 is 14.3 Å². The number of aliphatic imine (C=N–C) groups is 1. The van der Waals surface area contributed by atoms with Gasteiger partial charge in [0.05, 0.1) is 24.4 Å². The number of esters is 1. The number of hydrogen-bond acceptors (Lipinski definition) is 4. The van der Waals surface area contributed by atoms with Gasteiger partial charge in [0.15, 0.2) is 0 Å². The zero-order valence-corrected chi connectivity index (χ0v) is 19.2. The number of amides is 1. The van der Waals surface area contributed by atoms with Crippen molar-refractivity contribution in [3.8, 4) is 0 Å². The first-order chi connectivity index (χ1) is 15.6. The zero-order chi connectivity index (χ0) is 22.5. The number of carbonyl (C=O) groups is 2. The molecular formula is C26H29ClN2O3. The lowest BCUT2D eigenvalue weighted by molar-refractivity contribution is -0.142. The van der Waals surface area contributed by atoms with Gasteiger partial charge in [-0.1, -0.05) is 61.2 Å². The van der Waals surface area contributed by atoms with E-state index in [1.807, 2.05) is 42.5 Å². The van der Waals surface area contributed by atoms with E-state index < -0.39 is 6.04 Å². The lowest BCUT2D eigenvalue weighted by atomic mass is 9.83. The lowest BCUT2D eigenvalue weighted by Gasteiger charge is -2.30. The largest absolute Gasteiger partial charge is 0.466 e. The molecule has 0 N–H and O–H groups in total. The Morgan fingerprint density at radius 3 is 2.59 bits per heavy atom. The fourth-order valence-corrected chi connectivity index (χ4v) is 4.90. The first kappa shape index (κ1) is 22.5. The van der Waals surface area contributed by atoms with Crippen LogP contribution in [0.5, 0.6) is 0 Å². The maximum absolute atomic E-state index is 13.9. The maximum atomic E-state index is 13.9. The van der Waals surface area contributed by atoms with Gasteiger partial charge in [-0.05, 0) is 43.9 Å². The van der Waals surface area contributed by atoms with Crippen molar-refractivity contribution in [1.29, 1.82) is 0 Å². The smallest absolute Gasteiger partial charge is 0.307 e. The molecule has 4 rings (SSSR count). The van der Waals surface area contributed by atoms with E-state index >= 15 is 0 Å². The molecule has 2 aromatic rings. The molecule has 0 radical (unpaired) electrons.